The summed E-state index contributed by atoms with van der Waals surface area (Å²) in [4.78, 5) is 50.1. The molecule has 1 aliphatic carbocycles. The fraction of sp³-hybridized carbons (Fsp3) is 0.0323. The predicted molar refractivity (Wildman–Crippen MR) is 159 cm³/mol. The highest BCUT2D eigenvalue weighted by Gasteiger charge is 2.30. The molecule has 4 aromatic carbocycles. The Labute approximate surface area is 239 Å². The third-order valence-corrected chi connectivity index (χ3v) is 6.32. The summed E-state index contributed by atoms with van der Waals surface area (Å²) < 4.78 is 5.41. The van der Waals surface area contributed by atoms with Gasteiger partial charge < -0.3 is 15.4 Å². The number of rotatable bonds is 8. The van der Waals surface area contributed by atoms with Crippen molar-refractivity contribution in [1.82, 2.24) is 0 Å². The van der Waals surface area contributed by atoms with Gasteiger partial charge in [-0.25, -0.2) is 0 Å². The molecule has 0 unspecified atom stereocenters. The zero-order chi connectivity index (χ0) is 29.6. The van der Waals surface area contributed by atoms with Crippen molar-refractivity contribution in [2.24, 2.45) is 5.10 Å². The number of carbonyl (C=O) groups is 3. The molecule has 208 valence electrons. The Morgan fingerprint density at radius 1 is 0.833 bits per heavy atom. The fourth-order valence-electron chi connectivity index (χ4n) is 4.26. The molecule has 2 amide bonds. The number of amides is 2. The second-order valence-electron chi connectivity index (χ2n) is 9.04. The minimum atomic E-state index is -0.750. The summed E-state index contributed by atoms with van der Waals surface area (Å²) in [5.74, 6) is -1.41. The molecule has 0 atom stereocenters. The number of hydrogen-bond donors (Lipinski definition) is 3. The van der Waals surface area contributed by atoms with E-state index in [-0.39, 0.29) is 28.6 Å². The quantitative estimate of drug-likeness (QED) is 0.150. The second kappa shape index (κ2) is 12.0. The lowest BCUT2D eigenvalue weighted by Gasteiger charge is -2.18. The first-order chi connectivity index (χ1) is 20.3. The maximum atomic E-state index is 13.5. The van der Waals surface area contributed by atoms with E-state index in [0.29, 0.717) is 33.8 Å². The normalized spacial score (nSPS) is 13.0. The highest BCUT2D eigenvalue weighted by atomic mass is 16.6. The van der Waals surface area contributed by atoms with Gasteiger partial charge in [-0.3, -0.25) is 29.9 Å². The molecular weight excluding hydrogens is 538 g/mol. The van der Waals surface area contributed by atoms with Gasteiger partial charge in [0, 0.05) is 34.6 Å². The number of fused-ring (bicyclic) bond motifs is 1. The van der Waals surface area contributed by atoms with Gasteiger partial charge in [0.15, 0.2) is 0 Å². The van der Waals surface area contributed by atoms with E-state index in [1.54, 1.807) is 60.7 Å². The minimum Gasteiger partial charge on any atom is -0.495 e. The van der Waals surface area contributed by atoms with Gasteiger partial charge in [-0.05, 0) is 48.0 Å². The maximum absolute atomic E-state index is 13.5. The highest BCUT2D eigenvalue weighted by Crippen LogP contribution is 2.28. The molecule has 42 heavy (non-hydrogen) atoms. The number of nitro benzene ring substituents is 1. The maximum Gasteiger partial charge on any atom is 0.271 e. The Bertz CT molecular complexity index is 1780. The molecular formula is C31H23N5O6. The Morgan fingerprint density at radius 2 is 1.55 bits per heavy atom. The number of hydrogen-bond acceptors (Lipinski definition) is 8. The zero-order valence-corrected chi connectivity index (χ0v) is 22.2. The Balaban J connectivity index is 1.43. The van der Waals surface area contributed by atoms with Crippen molar-refractivity contribution in [1.29, 1.82) is 0 Å². The molecule has 1 aliphatic rings. The summed E-state index contributed by atoms with van der Waals surface area (Å²) >= 11 is 0. The lowest BCUT2D eigenvalue weighted by atomic mass is 9.89. The molecule has 0 heterocycles. The average Bonchev–Trinajstić information content (AvgIpc) is 3.00. The summed E-state index contributed by atoms with van der Waals surface area (Å²) in [6, 6.07) is 26.0. The molecule has 0 bridgehead atoms. The number of carbonyl (C=O) groups excluding carboxylic acids is 3. The van der Waals surface area contributed by atoms with Crippen molar-refractivity contribution in [2.75, 3.05) is 23.2 Å². The molecule has 0 aliphatic heterocycles. The molecule has 0 spiro atoms. The molecule has 0 saturated carbocycles. The van der Waals surface area contributed by atoms with Crippen molar-refractivity contribution in [3.05, 3.63) is 129 Å². The highest BCUT2D eigenvalue weighted by molar-refractivity contribution is 6.59. The first kappa shape index (κ1) is 27.5. The van der Waals surface area contributed by atoms with E-state index in [0.717, 1.165) is 0 Å². The van der Waals surface area contributed by atoms with Gasteiger partial charge in [-0.1, -0.05) is 48.5 Å². The lowest BCUT2D eigenvalue weighted by molar-refractivity contribution is -0.384. The molecule has 4 aromatic rings. The number of benzene rings is 4. The number of methoxy groups -OCH3 is 1. The van der Waals surface area contributed by atoms with E-state index in [1.807, 2.05) is 6.07 Å². The predicted octanol–water partition coefficient (Wildman–Crippen LogP) is 5.28. The van der Waals surface area contributed by atoms with E-state index in [2.05, 4.69) is 21.2 Å². The lowest BCUT2D eigenvalue weighted by Crippen LogP contribution is -2.30. The van der Waals surface area contributed by atoms with Crippen molar-refractivity contribution in [3.8, 4) is 5.75 Å². The zero-order valence-electron chi connectivity index (χ0n) is 22.2. The second-order valence-corrected chi connectivity index (χ2v) is 9.04. The number of anilines is 3. The standard InChI is InChI=1S/C31H23N5O6/c1-42-27-15-14-20(30(38)32-21-9-3-2-4-10-21)17-26(27)34-35-28-24-13-6-5-8-19(24)16-25(29(28)37)31(39)33-22-11-7-12-23(18-22)36(40)41/h2-18,34H,1H3,(H,32,38)(H,33,39)/b35-28-. The largest absolute Gasteiger partial charge is 0.495 e. The van der Waals surface area contributed by atoms with E-state index in [4.69, 9.17) is 4.74 Å². The number of nitro groups is 1. The molecule has 0 saturated heterocycles. The third kappa shape index (κ3) is 5.89. The fourth-order valence-corrected chi connectivity index (χ4v) is 4.26. The number of ether oxygens (including phenoxy) is 1. The van der Waals surface area contributed by atoms with Crippen molar-refractivity contribution >= 4 is 52.1 Å². The van der Waals surface area contributed by atoms with Crippen molar-refractivity contribution in [2.45, 2.75) is 0 Å². The van der Waals surface area contributed by atoms with Crippen LogP contribution < -0.4 is 20.8 Å². The number of non-ortho nitro benzene ring substituents is 1. The number of para-hydroxylation sites is 1. The van der Waals surface area contributed by atoms with Gasteiger partial charge in [0.05, 0.1) is 23.3 Å². The van der Waals surface area contributed by atoms with Crippen LogP contribution in [0.1, 0.15) is 21.5 Å². The molecule has 5 rings (SSSR count). The Morgan fingerprint density at radius 3 is 2.31 bits per heavy atom. The van der Waals surface area contributed by atoms with Gasteiger partial charge >= 0.3 is 0 Å². The molecule has 3 N–H and O–H groups in total. The number of nitrogens with zero attached hydrogens (tertiary/aromatic N) is 2. The van der Waals surface area contributed by atoms with Crippen LogP contribution in [0, 0.1) is 10.1 Å². The van der Waals surface area contributed by atoms with Crippen LogP contribution in [0.3, 0.4) is 0 Å². The van der Waals surface area contributed by atoms with Crippen LogP contribution in [-0.4, -0.2) is 35.3 Å². The minimum absolute atomic E-state index is 0.0431. The van der Waals surface area contributed by atoms with Gasteiger partial charge in [0.25, 0.3) is 17.5 Å². The number of Topliss-reactive ketones (excluding diaryl/α,β-unsaturated/α-hetero) is 1. The molecule has 11 heteroatoms. The molecule has 11 nitrogen and oxygen atoms in total. The average molecular weight is 562 g/mol. The summed E-state index contributed by atoms with van der Waals surface area (Å²) in [6.45, 7) is 0. The topological polar surface area (TPSA) is 152 Å². The van der Waals surface area contributed by atoms with Crippen LogP contribution in [0.2, 0.25) is 0 Å². The van der Waals surface area contributed by atoms with E-state index in [9.17, 15) is 24.5 Å². The van der Waals surface area contributed by atoms with Crippen LogP contribution in [0.15, 0.2) is 108 Å². The van der Waals surface area contributed by atoms with Crippen molar-refractivity contribution in [3.63, 3.8) is 0 Å². The Kier molecular flexibility index (Phi) is 7.82. The summed E-state index contributed by atoms with van der Waals surface area (Å²) in [6.07, 6.45) is 1.44. The van der Waals surface area contributed by atoms with Crippen LogP contribution >= 0.6 is 0 Å². The van der Waals surface area contributed by atoms with E-state index in [1.165, 1.54) is 43.5 Å². The number of nitrogens with one attached hydrogen (secondary N) is 3. The molecule has 0 aromatic heterocycles. The first-order valence-corrected chi connectivity index (χ1v) is 12.6. The smallest absolute Gasteiger partial charge is 0.271 e. The Hall–Kier alpha value is -6.10. The summed E-state index contributed by atoms with van der Waals surface area (Å²) in [7, 11) is 1.46. The summed E-state index contributed by atoms with van der Waals surface area (Å²) in [5, 5.41) is 20.8. The van der Waals surface area contributed by atoms with Crippen LogP contribution in [0.5, 0.6) is 5.75 Å². The van der Waals surface area contributed by atoms with E-state index >= 15 is 0 Å². The molecule has 0 fully saturated rings. The van der Waals surface area contributed by atoms with Crippen LogP contribution in [0.4, 0.5) is 22.7 Å². The third-order valence-electron chi connectivity index (χ3n) is 6.32. The number of ketones is 1. The number of hydrazone groups is 1. The monoisotopic (exact) mass is 561 g/mol. The first-order valence-electron chi connectivity index (χ1n) is 12.6. The molecule has 0 radical (unpaired) electrons. The SMILES string of the molecule is COc1ccc(C(=O)Nc2ccccc2)cc1N/N=C1\C(=O)C(C(=O)Nc2cccc([N+](=O)[O-])c2)=Cc2ccccc21. The summed E-state index contributed by atoms with van der Waals surface area (Å²) in [5.41, 5.74) is 4.84. The van der Waals surface area contributed by atoms with Gasteiger partial charge in [0.1, 0.15) is 11.5 Å². The van der Waals surface area contributed by atoms with Gasteiger partial charge in [-0.2, -0.15) is 5.10 Å². The van der Waals surface area contributed by atoms with Crippen LogP contribution in [0.25, 0.3) is 6.08 Å². The van der Waals surface area contributed by atoms with Gasteiger partial charge in [-0.15, -0.1) is 0 Å². The van der Waals surface area contributed by atoms with E-state index < -0.39 is 16.6 Å². The van der Waals surface area contributed by atoms with Crippen molar-refractivity contribution < 1.29 is 24.0 Å². The van der Waals surface area contributed by atoms with Crippen LogP contribution in [-0.2, 0) is 9.59 Å². The van der Waals surface area contributed by atoms with Gasteiger partial charge in [0.2, 0.25) is 5.78 Å².